The summed E-state index contributed by atoms with van der Waals surface area (Å²) in [6.45, 7) is 14.2. The first kappa shape index (κ1) is 17.8. The smallest absolute Gasteiger partial charge is 0.152 e. The van der Waals surface area contributed by atoms with Gasteiger partial charge in [0.25, 0.3) is 0 Å². The third-order valence-electron chi connectivity index (χ3n) is 4.35. The molecule has 0 heterocycles. The molecule has 1 N–H and O–H groups in total. The van der Waals surface area contributed by atoms with E-state index in [1.807, 2.05) is 26.0 Å². The first-order valence-corrected chi connectivity index (χ1v) is 7.69. The Morgan fingerprint density at radius 1 is 1.24 bits per heavy atom. The van der Waals surface area contributed by atoms with Gasteiger partial charge in [-0.15, -0.1) is 6.58 Å². The normalized spacial score (nSPS) is 12.7. The molecule has 0 fully saturated rings. The molecule has 0 spiro atoms. The summed E-state index contributed by atoms with van der Waals surface area (Å²) in [6, 6.07) is 8.30. The van der Waals surface area contributed by atoms with Crippen LogP contribution in [0.5, 0.6) is 0 Å². The second-order valence-corrected chi connectivity index (χ2v) is 6.77. The highest BCUT2D eigenvalue weighted by Gasteiger charge is 2.34. The van der Waals surface area contributed by atoms with E-state index < -0.39 is 5.60 Å². The van der Waals surface area contributed by atoms with Crippen molar-refractivity contribution in [1.82, 2.24) is 0 Å². The summed E-state index contributed by atoms with van der Waals surface area (Å²) in [7, 11) is 2.14. The van der Waals surface area contributed by atoms with Gasteiger partial charge in [0.15, 0.2) is 7.28 Å². The van der Waals surface area contributed by atoms with Crippen LogP contribution in [0, 0.1) is 5.41 Å². The van der Waals surface area contributed by atoms with E-state index in [4.69, 9.17) is 0 Å². The van der Waals surface area contributed by atoms with E-state index in [0.717, 1.165) is 23.8 Å². The molecule has 21 heavy (non-hydrogen) atoms. The SMILES string of the molecule is C=C([B]CC(C)(C)C(C)(C)O)c1ccccc1/C=C\CC. The average molecular weight is 283 g/mol. The molecule has 0 aliphatic heterocycles. The molecule has 0 saturated carbocycles. The molecule has 0 bridgehead atoms. The summed E-state index contributed by atoms with van der Waals surface area (Å²) in [4.78, 5) is 0. The molecule has 1 aromatic rings. The van der Waals surface area contributed by atoms with Crippen LogP contribution in [-0.2, 0) is 0 Å². The predicted octanol–water partition coefficient (Wildman–Crippen LogP) is 5.00. The summed E-state index contributed by atoms with van der Waals surface area (Å²) in [5, 5.41) is 10.2. The summed E-state index contributed by atoms with van der Waals surface area (Å²) < 4.78 is 0. The first-order chi connectivity index (χ1) is 9.69. The Bertz CT molecular complexity index is 507. The number of hydrogen-bond donors (Lipinski definition) is 1. The quantitative estimate of drug-likeness (QED) is 0.698. The van der Waals surface area contributed by atoms with Gasteiger partial charge in [-0.1, -0.05) is 69.0 Å². The van der Waals surface area contributed by atoms with Crippen molar-refractivity contribution in [2.75, 3.05) is 0 Å². The van der Waals surface area contributed by atoms with Gasteiger partial charge in [0.1, 0.15) is 0 Å². The van der Waals surface area contributed by atoms with Crippen LogP contribution in [0.2, 0.25) is 6.32 Å². The zero-order valence-corrected chi connectivity index (χ0v) is 14.1. The van der Waals surface area contributed by atoms with E-state index in [0.29, 0.717) is 0 Å². The molecule has 0 aliphatic carbocycles. The fourth-order valence-electron chi connectivity index (χ4n) is 1.92. The monoisotopic (exact) mass is 283 g/mol. The molecule has 1 aromatic carbocycles. The van der Waals surface area contributed by atoms with Gasteiger partial charge < -0.3 is 5.11 Å². The Balaban J connectivity index is 2.84. The van der Waals surface area contributed by atoms with Crippen LogP contribution in [0.3, 0.4) is 0 Å². The maximum atomic E-state index is 10.2. The number of aliphatic hydroxyl groups is 1. The molecule has 1 nitrogen and oxygen atoms in total. The molecule has 0 saturated heterocycles. The number of allylic oxidation sites excluding steroid dienone is 1. The van der Waals surface area contributed by atoms with Crippen LogP contribution in [0.25, 0.3) is 11.5 Å². The molecule has 0 aromatic heterocycles. The van der Waals surface area contributed by atoms with Crippen molar-refractivity contribution in [3.63, 3.8) is 0 Å². The maximum Gasteiger partial charge on any atom is 0.152 e. The van der Waals surface area contributed by atoms with Crippen molar-refractivity contribution in [3.05, 3.63) is 48.0 Å². The summed E-state index contributed by atoms with van der Waals surface area (Å²) >= 11 is 0. The molecule has 0 atom stereocenters. The number of benzene rings is 1. The van der Waals surface area contributed by atoms with Crippen molar-refractivity contribution in [1.29, 1.82) is 0 Å². The van der Waals surface area contributed by atoms with Gasteiger partial charge in [-0.3, -0.25) is 0 Å². The highest BCUT2D eigenvalue weighted by Crippen LogP contribution is 2.35. The Kier molecular flexibility index (Phi) is 6.04. The molecule has 1 rings (SSSR count). The number of hydrogen-bond acceptors (Lipinski definition) is 1. The molecule has 2 heteroatoms. The van der Waals surface area contributed by atoms with E-state index >= 15 is 0 Å². The van der Waals surface area contributed by atoms with E-state index in [9.17, 15) is 5.11 Å². The van der Waals surface area contributed by atoms with Crippen molar-refractivity contribution < 1.29 is 5.11 Å². The minimum Gasteiger partial charge on any atom is -0.390 e. The molecule has 0 amide bonds. The minimum absolute atomic E-state index is 0.190. The topological polar surface area (TPSA) is 20.2 Å². The Morgan fingerprint density at radius 2 is 1.86 bits per heavy atom. The average Bonchev–Trinajstić information content (AvgIpc) is 2.41. The lowest BCUT2D eigenvalue weighted by molar-refractivity contribution is -0.0236. The van der Waals surface area contributed by atoms with Crippen molar-refractivity contribution in [3.8, 4) is 0 Å². The van der Waals surface area contributed by atoms with Crippen molar-refractivity contribution in [2.24, 2.45) is 5.41 Å². The van der Waals surface area contributed by atoms with E-state index in [-0.39, 0.29) is 5.41 Å². The summed E-state index contributed by atoms with van der Waals surface area (Å²) in [5.74, 6) is 0. The van der Waals surface area contributed by atoms with Crippen molar-refractivity contribution in [2.45, 2.75) is 53.0 Å². The second kappa shape index (κ2) is 7.13. The standard InChI is InChI=1S/C19H28BO/c1-7-8-11-16-12-9-10-13-17(16)15(2)20-14-18(3,4)19(5,6)21/h8-13,21H,2,7,14H2,1,3-6H3/b11-8-. The van der Waals surface area contributed by atoms with Crippen LogP contribution in [0.1, 0.15) is 52.2 Å². The van der Waals surface area contributed by atoms with E-state index in [1.165, 1.54) is 5.56 Å². The molecule has 1 radical (unpaired) electrons. The largest absolute Gasteiger partial charge is 0.390 e. The third kappa shape index (κ3) is 4.89. The van der Waals surface area contributed by atoms with Crippen molar-refractivity contribution >= 4 is 18.8 Å². The lowest BCUT2D eigenvalue weighted by Crippen LogP contribution is -2.39. The van der Waals surface area contributed by atoms with Gasteiger partial charge in [-0.2, -0.15) is 0 Å². The van der Waals surface area contributed by atoms with Gasteiger partial charge in [0.05, 0.1) is 5.60 Å². The third-order valence-corrected chi connectivity index (χ3v) is 4.35. The zero-order chi connectivity index (χ0) is 16.1. The van der Waals surface area contributed by atoms with E-state index in [1.54, 1.807) is 0 Å². The summed E-state index contributed by atoms with van der Waals surface area (Å²) in [5.41, 5.74) is 2.47. The molecular weight excluding hydrogens is 255 g/mol. The van der Waals surface area contributed by atoms with Gasteiger partial charge in [0, 0.05) is 0 Å². The Morgan fingerprint density at radius 3 is 2.43 bits per heavy atom. The van der Waals surface area contributed by atoms with Gasteiger partial charge >= 0.3 is 0 Å². The number of rotatable bonds is 7. The first-order valence-electron chi connectivity index (χ1n) is 7.69. The van der Waals surface area contributed by atoms with Gasteiger partial charge in [0.2, 0.25) is 0 Å². The Hall–Kier alpha value is -1.28. The summed E-state index contributed by atoms with van der Waals surface area (Å²) in [6.07, 6.45) is 6.12. The van der Waals surface area contributed by atoms with Crippen LogP contribution >= 0.6 is 0 Å². The minimum atomic E-state index is -0.717. The van der Waals surface area contributed by atoms with Crippen LogP contribution < -0.4 is 0 Å². The van der Waals surface area contributed by atoms with E-state index in [2.05, 4.69) is 58.9 Å². The molecule has 0 unspecified atom stereocenters. The predicted molar refractivity (Wildman–Crippen MR) is 95.4 cm³/mol. The Labute approximate surface area is 131 Å². The maximum absolute atomic E-state index is 10.2. The van der Waals surface area contributed by atoms with Gasteiger partial charge in [-0.25, -0.2) is 0 Å². The fourth-order valence-corrected chi connectivity index (χ4v) is 1.92. The molecule has 0 aliphatic rings. The molecule has 113 valence electrons. The molecular formula is C19H28BO. The lowest BCUT2D eigenvalue weighted by atomic mass is 9.54. The second-order valence-electron chi connectivity index (χ2n) is 6.77. The fraction of sp³-hybridized carbons (Fsp3) is 0.474. The highest BCUT2D eigenvalue weighted by atomic mass is 16.3. The lowest BCUT2D eigenvalue weighted by Gasteiger charge is -2.37. The zero-order valence-electron chi connectivity index (χ0n) is 14.1. The van der Waals surface area contributed by atoms with Crippen LogP contribution in [0.15, 0.2) is 36.9 Å². The van der Waals surface area contributed by atoms with Gasteiger partial charge in [-0.05, 0) is 36.8 Å². The van der Waals surface area contributed by atoms with Crippen LogP contribution in [0.4, 0.5) is 0 Å². The highest BCUT2D eigenvalue weighted by molar-refractivity contribution is 6.60. The van der Waals surface area contributed by atoms with Crippen LogP contribution in [-0.4, -0.2) is 18.0 Å².